The molecule has 0 radical (unpaired) electrons. The Kier molecular flexibility index (Phi) is 3.44. The average Bonchev–Trinajstić information content (AvgIpc) is 2.29. The van der Waals surface area contributed by atoms with Crippen LogP contribution in [0.1, 0.15) is 0 Å². The van der Waals surface area contributed by atoms with Gasteiger partial charge >= 0.3 is 0 Å². The molecule has 2 rings (SSSR count). The van der Waals surface area contributed by atoms with E-state index in [9.17, 15) is 4.39 Å². The summed E-state index contributed by atoms with van der Waals surface area (Å²) < 4.78 is 19.0. The molecule has 2 N–H and O–H groups in total. The Hall–Kier alpha value is -1.40. The fraction of sp³-hybridized carbons (Fsp3) is 0. The number of aromatic nitrogens is 2. The lowest BCUT2D eigenvalue weighted by molar-refractivity contribution is 0.454. The van der Waals surface area contributed by atoms with Crippen LogP contribution in [0.25, 0.3) is 0 Å². The molecule has 88 valence electrons. The van der Waals surface area contributed by atoms with Crippen LogP contribution in [0, 0.1) is 5.82 Å². The van der Waals surface area contributed by atoms with Crippen LogP contribution in [0.5, 0.6) is 11.6 Å². The molecule has 0 spiro atoms. The average molecular weight is 319 g/mol. The first-order chi connectivity index (χ1) is 8.06. The SMILES string of the molecule is Nc1ncc(Br)c(Oc2ccc(Cl)c(F)c2)n1. The van der Waals surface area contributed by atoms with Crippen LogP contribution in [0.4, 0.5) is 10.3 Å². The first kappa shape index (κ1) is 12.1. The summed E-state index contributed by atoms with van der Waals surface area (Å²) in [5.41, 5.74) is 5.42. The Morgan fingerprint density at radius 3 is 2.88 bits per heavy atom. The Morgan fingerprint density at radius 2 is 2.18 bits per heavy atom. The summed E-state index contributed by atoms with van der Waals surface area (Å²) >= 11 is 8.75. The van der Waals surface area contributed by atoms with E-state index in [0.29, 0.717) is 4.47 Å². The number of rotatable bonds is 2. The zero-order valence-corrected chi connectivity index (χ0v) is 10.7. The van der Waals surface area contributed by atoms with Crippen LogP contribution < -0.4 is 10.5 Å². The van der Waals surface area contributed by atoms with E-state index in [2.05, 4.69) is 25.9 Å². The largest absolute Gasteiger partial charge is 0.438 e. The minimum Gasteiger partial charge on any atom is -0.438 e. The van der Waals surface area contributed by atoms with Crippen molar-refractivity contribution in [2.24, 2.45) is 0 Å². The molecule has 4 nitrogen and oxygen atoms in total. The Balaban J connectivity index is 2.31. The van der Waals surface area contributed by atoms with Gasteiger partial charge < -0.3 is 10.5 Å². The lowest BCUT2D eigenvalue weighted by Crippen LogP contribution is -1.97. The summed E-state index contributed by atoms with van der Waals surface area (Å²) in [4.78, 5) is 7.62. The van der Waals surface area contributed by atoms with E-state index < -0.39 is 5.82 Å². The van der Waals surface area contributed by atoms with Crippen LogP contribution in [0.15, 0.2) is 28.9 Å². The standard InChI is InChI=1S/C10H6BrClFN3O/c11-6-4-15-10(14)16-9(6)17-5-1-2-7(12)8(13)3-5/h1-4H,(H2,14,15,16). The van der Waals surface area contributed by atoms with Crippen LogP contribution in [-0.2, 0) is 0 Å². The summed E-state index contributed by atoms with van der Waals surface area (Å²) in [5.74, 6) is -0.0233. The maximum Gasteiger partial charge on any atom is 0.238 e. The second-order valence-corrected chi connectivity index (χ2v) is 4.32. The molecular weight excluding hydrogens is 312 g/mol. The van der Waals surface area contributed by atoms with Gasteiger partial charge in [-0.25, -0.2) is 9.37 Å². The molecule has 2 aromatic rings. The Morgan fingerprint density at radius 1 is 1.41 bits per heavy atom. The first-order valence-corrected chi connectivity index (χ1v) is 5.64. The zero-order valence-electron chi connectivity index (χ0n) is 8.32. The van der Waals surface area contributed by atoms with E-state index in [1.54, 1.807) is 0 Å². The molecule has 0 saturated carbocycles. The van der Waals surface area contributed by atoms with Crippen molar-refractivity contribution in [3.8, 4) is 11.6 Å². The van der Waals surface area contributed by atoms with Gasteiger partial charge in [-0.3, -0.25) is 0 Å². The third kappa shape index (κ3) is 2.83. The van der Waals surface area contributed by atoms with Gasteiger partial charge in [-0.1, -0.05) is 11.6 Å². The second-order valence-electron chi connectivity index (χ2n) is 3.06. The van der Waals surface area contributed by atoms with Gasteiger partial charge in [0.25, 0.3) is 0 Å². The second kappa shape index (κ2) is 4.85. The van der Waals surface area contributed by atoms with E-state index in [4.69, 9.17) is 22.1 Å². The van der Waals surface area contributed by atoms with E-state index >= 15 is 0 Å². The van der Waals surface area contributed by atoms with Crippen molar-refractivity contribution >= 4 is 33.5 Å². The predicted octanol–water partition coefficient (Wildman–Crippen LogP) is 3.41. The van der Waals surface area contributed by atoms with Crippen molar-refractivity contribution < 1.29 is 9.13 Å². The highest BCUT2D eigenvalue weighted by atomic mass is 79.9. The monoisotopic (exact) mass is 317 g/mol. The molecular formula is C10H6BrClFN3O. The minimum absolute atomic E-state index is 0.0265. The summed E-state index contributed by atoms with van der Waals surface area (Å²) in [7, 11) is 0. The molecule has 0 saturated heterocycles. The van der Waals surface area contributed by atoms with Crippen molar-refractivity contribution in [1.29, 1.82) is 0 Å². The molecule has 7 heteroatoms. The van der Waals surface area contributed by atoms with Gasteiger partial charge in [0.15, 0.2) is 0 Å². The van der Waals surface area contributed by atoms with Crippen LogP contribution in [-0.4, -0.2) is 9.97 Å². The zero-order chi connectivity index (χ0) is 12.4. The highest BCUT2D eigenvalue weighted by molar-refractivity contribution is 9.10. The number of halogens is 3. The van der Waals surface area contributed by atoms with Gasteiger partial charge in [-0.2, -0.15) is 4.98 Å². The Labute approximate surface area is 110 Å². The van der Waals surface area contributed by atoms with Gasteiger partial charge in [0.05, 0.1) is 15.7 Å². The number of nitrogens with two attached hydrogens (primary N) is 1. The summed E-state index contributed by atoms with van der Waals surface area (Å²) in [5, 5.41) is 0.0265. The van der Waals surface area contributed by atoms with E-state index in [1.807, 2.05) is 0 Å². The van der Waals surface area contributed by atoms with Gasteiger partial charge in [0.1, 0.15) is 11.6 Å². The fourth-order valence-corrected chi connectivity index (χ4v) is 1.48. The van der Waals surface area contributed by atoms with Crippen molar-refractivity contribution in [3.05, 3.63) is 39.7 Å². The van der Waals surface area contributed by atoms with Gasteiger partial charge in [-0.05, 0) is 28.1 Å². The van der Waals surface area contributed by atoms with E-state index in [-0.39, 0.29) is 22.6 Å². The number of nitrogens with zero attached hydrogens (tertiary/aromatic N) is 2. The number of ether oxygens (including phenoxy) is 1. The van der Waals surface area contributed by atoms with Gasteiger partial charge in [-0.15, -0.1) is 0 Å². The molecule has 0 aliphatic rings. The molecule has 0 aliphatic heterocycles. The molecule has 1 aromatic heterocycles. The van der Waals surface area contributed by atoms with E-state index in [1.165, 1.54) is 18.3 Å². The highest BCUT2D eigenvalue weighted by Gasteiger charge is 2.08. The smallest absolute Gasteiger partial charge is 0.238 e. The number of hydrogen-bond donors (Lipinski definition) is 1. The van der Waals surface area contributed by atoms with Crippen molar-refractivity contribution in [3.63, 3.8) is 0 Å². The summed E-state index contributed by atoms with van der Waals surface area (Å²) in [6.45, 7) is 0. The lowest BCUT2D eigenvalue weighted by Gasteiger charge is -2.07. The lowest BCUT2D eigenvalue weighted by atomic mass is 10.3. The number of nitrogen functional groups attached to an aromatic ring is 1. The maximum absolute atomic E-state index is 13.2. The fourth-order valence-electron chi connectivity index (χ4n) is 1.09. The van der Waals surface area contributed by atoms with Crippen LogP contribution in [0.2, 0.25) is 5.02 Å². The molecule has 17 heavy (non-hydrogen) atoms. The van der Waals surface area contributed by atoms with Gasteiger partial charge in [0.2, 0.25) is 11.8 Å². The molecule has 0 amide bonds. The first-order valence-electron chi connectivity index (χ1n) is 4.47. The summed E-state index contributed by atoms with van der Waals surface area (Å²) in [6.07, 6.45) is 1.45. The van der Waals surface area contributed by atoms with Gasteiger partial charge in [0, 0.05) is 6.07 Å². The molecule has 0 atom stereocenters. The number of hydrogen-bond acceptors (Lipinski definition) is 4. The third-order valence-electron chi connectivity index (χ3n) is 1.84. The molecule has 0 bridgehead atoms. The van der Waals surface area contributed by atoms with Crippen molar-refractivity contribution in [1.82, 2.24) is 9.97 Å². The summed E-state index contributed by atoms with van der Waals surface area (Å²) in [6, 6.07) is 4.08. The topological polar surface area (TPSA) is 61.0 Å². The molecule has 0 unspecified atom stereocenters. The van der Waals surface area contributed by atoms with E-state index in [0.717, 1.165) is 6.07 Å². The third-order valence-corrected chi connectivity index (χ3v) is 2.69. The normalized spacial score (nSPS) is 10.3. The highest BCUT2D eigenvalue weighted by Crippen LogP contribution is 2.29. The molecule has 0 aliphatic carbocycles. The maximum atomic E-state index is 13.2. The van der Waals surface area contributed by atoms with Crippen molar-refractivity contribution in [2.45, 2.75) is 0 Å². The number of benzene rings is 1. The molecule has 1 aromatic carbocycles. The predicted molar refractivity (Wildman–Crippen MR) is 65.6 cm³/mol. The van der Waals surface area contributed by atoms with Crippen LogP contribution >= 0.6 is 27.5 Å². The van der Waals surface area contributed by atoms with Crippen LogP contribution in [0.3, 0.4) is 0 Å². The molecule has 0 fully saturated rings. The Bertz CT molecular complexity index is 567. The quantitative estimate of drug-likeness (QED) is 0.922. The van der Waals surface area contributed by atoms with Crippen molar-refractivity contribution in [2.75, 3.05) is 5.73 Å². The minimum atomic E-state index is -0.567. The molecule has 1 heterocycles. The number of anilines is 1.